The van der Waals surface area contributed by atoms with Crippen molar-refractivity contribution in [2.75, 3.05) is 19.7 Å². The number of hydrogen-bond donors (Lipinski definition) is 1. The molecular weight excluding hydrogens is 335 g/mol. The van der Waals surface area contributed by atoms with E-state index in [1.165, 1.54) is 5.56 Å². The lowest BCUT2D eigenvalue weighted by molar-refractivity contribution is -0.140. The van der Waals surface area contributed by atoms with E-state index in [0.717, 1.165) is 18.7 Å². The molecule has 4 aliphatic rings. The predicted molar refractivity (Wildman–Crippen MR) is 92.0 cm³/mol. The van der Waals surface area contributed by atoms with Crippen molar-refractivity contribution < 1.29 is 18.7 Å². The minimum absolute atomic E-state index is 0.00506. The zero-order valence-corrected chi connectivity index (χ0v) is 14.8. The van der Waals surface area contributed by atoms with Crippen LogP contribution < -0.4 is 5.32 Å². The monoisotopic (exact) mass is 358 g/mol. The van der Waals surface area contributed by atoms with Gasteiger partial charge in [-0.2, -0.15) is 0 Å². The zero-order valence-electron chi connectivity index (χ0n) is 14.8. The van der Waals surface area contributed by atoms with Gasteiger partial charge in [0.1, 0.15) is 12.4 Å². The van der Waals surface area contributed by atoms with Crippen LogP contribution in [0.3, 0.4) is 0 Å². The molecular formula is C20H23FN2O3. The molecule has 5 rings (SSSR count). The number of alkyl carbamates (subject to hydrolysis) is 1. The largest absolute Gasteiger partial charge is 0.447 e. The molecule has 1 unspecified atom stereocenters. The van der Waals surface area contributed by atoms with E-state index in [1.54, 1.807) is 6.07 Å². The van der Waals surface area contributed by atoms with E-state index in [2.05, 4.69) is 5.32 Å². The van der Waals surface area contributed by atoms with Crippen molar-refractivity contribution in [1.29, 1.82) is 0 Å². The summed E-state index contributed by atoms with van der Waals surface area (Å²) in [5.41, 5.74) is 1.70. The summed E-state index contributed by atoms with van der Waals surface area (Å²) in [7, 11) is 0. The number of benzene rings is 1. The Morgan fingerprint density at radius 2 is 2.08 bits per heavy atom. The quantitative estimate of drug-likeness (QED) is 0.903. The SMILES string of the molecule is CCc1cc(C2[C@H]3CN(C(=O)C4CC5(COC(=O)N5)C4)C[C@@H]23)ccc1F. The molecule has 0 bridgehead atoms. The molecule has 1 spiro atoms. The second kappa shape index (κ2) is 5.44. The van der Waals surface area contributed by atoms with Crippen molar-refractivity contribution in [2.24, 2.45) is 17.8 Å². The normalized spacial score (nSPS) is 37.2. The maximum absolute atomic E-state index is 13.7. The summed E-state index contributed by atoms with van der Waals surface area (Å²) in [6, 6.07) is 5.49. The van der Waals surface area contributed by atoms with Crippen molar-refractivity contribution in [2.45, 2.75) is 37.6 Å². The molecule has 0 radical (unpaired) electrons. The number of likely N-dealkylation sites (tertiary alicyclic amines) is 1. The summed E-state index contributed by atoms with van der Waals surface area (Å²) in [5.74, 6) is 1.60. The number of amides is 2. The molecule has 2 aliphatic carbocycles. The van der Waals surface area contributed by atoms with Gasteiger partial charge in [0, 0.05) is 19.0 Å². The zero-order chi connectivity index (χ0) is 18.1. The fourth-order valence-electron chi connectivity index (χ4n) is 5.30. The number of aryl methyl sites for hydroxylation is 1. The van der Waals surface area contributed by atoms with Gasteiger partial charge in [-0.1, -0.05) is 19.1 Å². The van der Waals surface area contributed by atoms with Crippen LogP contribution in [0.4, 0.5) is 9.18 Å². The summed E-state index contributed by atoms with van der Waals surface area (Å²) < 4.78 is 18.7. The van der Waals surface area contributed by atoms with Crippen molar-refractivity contribution >= 4 is 12.0 Å². The van der Waals surface area contributed by atoms with Crippen LogP contribution in [0.25, 0.3) is 0 Å². The van der Waals surface area contributed by atoms with Gasteiger partial charge in [0.15, 0.2) is 0 Å². The maximum atomic E-state index is 13.7. The second-order valence-electron chi connectivity index (χ2n) is 8.39. The minimum atomic E-state index is -0.369. The van der Waals surface area contributed by atoms with Gasteiger partial charge in [0.25, 0.3) is 0 Å². The number of nitrogens with one attached hydrogen (secondary N) is 1. The van der Waals surface area contributed by atoms with Gasteiger partial charge < -0.3 is 15.0 Å². The van der Waals surface area contributed by atoms with Gasteiger partial charge in [0.05, 0.1) is 5.54 Å². The maximum Gasteiger partial charge on any atom is 0.407 e. The van der Waals surface area contributed by atoms with E-state index < -0.39 is 0 Å². The lowest BCUT2D eigenvalue weighted by Crippen LogP contribution is -2.58. The highest BCUT2D eigenvalue weighted by atomic mass is 19.1. The first-order chi connectivity index (χ1) is 12.5. The molecule has 2 aliphatic heterocycles. The molecule has 2 amide bonds. The molecule has 0 aromatic heterocycles. The molecule has 138 valence electrons. The number of fused-ring (bicyclic) bond motifs is 1. The average Bonchev–Trinajstić information content (AvgIpc) is 2.95. The number of carbonyl (C=O) groups is 2. The number of rotatable bonds is 3. The molecule has 2 heterocycles. The Hall–Kier alpha value is -2.11. The van der Waals surface area contributed by atoms with Crippen LogP contribution in [-0.2, 0) is 16.0 Å². The third-order valence-electron chi connectivity index (χ3n) is 6.81. The molecule has 2 saturated carbocycles. The third kappa shape index (κ3) is 2.34. The van der Waals surface area contributed by atoms with Crippen LogP contribution in [0, 0.1) is 23.6 Å². The van der Waals surface area contributed by atoms with E-state index in [0.29, 0.717) is 43.6 Å². The lowest BCUT2D eigenvalue weighted by atomic mass is 9.68. The Labute approximate surface area is 151 Å². The lowest BCUT2D eigenvalue weighted by Gasteiger charge is -2.43. The third-order valence-corrected chi connectivity index (χ3v) is 6.81. The van der Waals surface area contributed by atoms with Gasteiger partial charge in [0.2, 0.25) is 5.91 Å². The second-order valence-corrected chi connectivity index (χ2v) is 8.39. The van der Waals surface area contributed by atoms with Crippen LogP contribution in [0.2, 0.25) is 0 Å². The van der Waals surface area contributed by atoms with Crippen LogP contribution in [-0.4, -0.2) is 42.1 Å². The van der Waals surface area contributed by atoms with E-state index in [4.69, 9.17) is 4.74 Å². The smallest absolute Gasteiger partial charge is 0.407 e. The van der Waals surface area contributed by atoms with Crippen molar-refractivity contribution in [3.05, 3.63) is 35.1 Å². The number of carbonyl (C=O) groups excluding carboxylic acids is 2. The molecule has 3 atom stereocenters. The highest BCUT2D eigenvalue weighted by Crippen LogP contribution is 2.59. The van der Waals surface area contributed by atoms with Crippen LogP contribution >= 0.6 is 0 Å². The highest BCUT2D eigenvalue weighted by molar-refractivity contribution is 5.82. The Morgan fingerprint density at radius 1 is 1.35 bits per heavy atom. The number of nitrogens with zero attached hydrogens (tertiary/aromatic N) is 1. The standard InChI is InChI=1S/C20H23FN2O3/c1-2-11-5-12(3-4-16(11)21)17-14-8-23(9-15(14)17)18(24)13-6-20(7-13)10-26-19(25)22-20/h3-5,13-15,17H,2,6-10H2,1H3,(H,22,25)/t13?,14-,15+,17?,20?. The summed E-state index contributed by atoms with van der Waals surface area (Å²) in [4.78, 5) is 25.9. The number of hydrogen-bond acceptors (Lipinski definition) is 3. The van der Waals surface area contributed by atoms with Gasteiger partial charge in [-0.15, -0.1) is 0 Å². The number of piperidine rings is 1. The van der Waals surface area contributed by atoms with Crippen LogP contribution in [0.1, 0.15) is 36.8 Å². The predicted octanol–water partition coefficient (Wildman–Crippen LogP) is 2.45. The topological polar surface area (TPSA) is 58.6 Å². The van der Waals surface area contributed by atoms with Crippen molar-refractivity contribution in [1.82, 2.24) is 10.2 Å². The molecule has 1 N–H and O–H groups in total. The van der Waals surface area contributed by atoms with Gasteiger partial charge in [-0.05, 0) is 54.2 Å². The number of halogens is 1. The van der Waals surface area contributed by atoms with E-state index in [-0.39, 0.29) is 29.3 Å². The molecule has 5 nitrogen and oxygen atoms in total. The Kier molecular flexibility index (Phi) is 3.37. The fraction of sp³-hybridized carbons (Fsp3) is 0.600. The first-order valence-electron chi connectivity index (χ1n) is 9.52. The van der Waals surface area contributed by atoms with Crippen LogP contribution in [0.5, 0.6) is 0 Å². The Bertz CT molecular complexity index is 777. The first-order valence-corrected chi connectivity index (χ1v) is 9.52. The molecule has 1 aromatic rings. The van der Waals surface area contributed by atoms with Crippen molar-refractivity contribution in [3.63, 3.8) is 0 Å². The molecule has 4 fully saturated rings. The summed E-state index contributed by atoms with van der Waals surface area (Å²) in [6.07, 6.45) is 1.71. The molecule has 6 heteroatoms. The van der Waals surface area contributed by atoms with E-state index in [1.807, 2.05) is 24.0 Å². The number of cyclic esters (lactones) is 1. The molecule has 26 heavy (non-hydrogen) atoms. The highest BCUT2D eigenvalue weighted by Gasteiger charge is 2.59. The summed E-state index contributed by atoms with van der Waals surface area (Å²) in [5, 5.41) is 2.84. The van der Waals surface area contributed by atoms with Crippen molar-refractivity contribution in [3.8, 4) is 0 Å². The summed E-state index contributed by atoms with van der Waals surface area (Å²) in [6.45, 7) is 3.96. The summed E-state index contributed by atoms with van der Waals surface area (Å²) >= 11 is 0. The van der Waals surface area contributed by atoms with Gasteiger partial charge in [-0.25, -0.2) is 9.18 Å². The van der Waals surface area contributed by atoms with Gasteiger partial charge in [-0.3, -0.25) is 4.79 Å². The van der Waals surface area contributed by atoms with Crippen LogP contribution in [0.15, 0.2) is 18.2 Å². The molecule has 1 aromatic carbocycles. The minimum Gasteiger partial charge on any atom is -0.447 e. The fourth-order valence-corrected chi connectivity index (χ4v) is 5.30. The molecule has 2 saturated heterocycles. The first kappa shape index (κ1) is 16.1. The Balaban J connectivity index is 1.18. The Morgan fingerprint density at radius 3 is 2.69 bits per heavy atom. The van der Waals surface area contributed by atoms with E-state index >= 15 is 0 Å². The average molecular weight is 358 g/mol. The van der Waals surface area contributed by atoms with E-state index in [9.17, 15) is 14.0 Å². The van der Waals surface area contributed by atoms with Gasteiger partial charge >= 0.3 is 6.09 Å². The number of ether oxygens (including phenoxy) is 1.